The molecule has 1 unspecified atom stereocenters. The fourth-order valence-corrected chi connectivity index (χ4v) is 3.33. The zero-order valence-corrected chi connectivity index (χ0v) is 16.3. The summed E-state index contributed by atoms with van der Waals surface area (Å²) in [6.45, 7) is 3.41. The smallest absolute Gasteiger partial charge is 0.209 e. The van der Waals surface area contributed by atoms with Crippen molar-refractivity contribution >= 4 is 12.4 Å². The standard InChI is InChI=1S/C19H23N5O2.ClH/c1-23-9-8-21-19(23)16-11-20-7-10-24(16)13-18-22-12-17(26-18)14-3-5-15(25-2)6-4-14;/h3-6,8-9,12,16,20H,7,10-11,13H2,1-2H3;1H. The van der Waals surface area contributed by atoms with Crippen LogP contribution in [0.5, 0.6) is 5.75 Å². The lowest BCUT2D eigenvalue weighted by atomic mass is 10.1. The van der Waals surface area contributed by atoms with Gasteiger partial charge in [-0.25, -0.2) is 9.97 Å². The monoisotopic (exact) mass is 389 g/mol. The number of aryl methyl sites for hydroxylation is 1. The van der Waals surface area contributed by atoms with Crippen LogP contribution in [0.3, 0.4) is 0 Å². The summed E-state index contributed by atoms with van der Waals surface area (Å²) < 4.78 is 13.3. The van der Waals surface area contributed by atoms with Crippen molar-refractivity contribution in [1.82, 2.24) is 24.8 Å². The van der Waals surface area contributed by atoms with Crippen LogP contribution >= 0.6 is 12.4 Å². The van der Waals surface area contributed by atoms with Crippen molar-refractivity contribution < 1.29 is 9.15 Å². The summed E-state index contributed by atoms with van der Waals surface area (Å²) in [5.74, 6) is 3.37. The van der Waals surface area contributed by atoms with Gasteiger partial charge in [-0.15, -0.1) is 12.4 Å². The SMILES string of the molecule is COc1ccc(-c2cnc(CN3CCNCC3c3nccn3C)o2)cc1.Cl. The number of aromatic nitrogens is 3. The van der Waals surface area contributed by atoms with E-state index in [0.717, 1.165) is 48.4 Å². The highest BCUT2D eigenvalue weighted by atomic mass is 35.5. The number of ether oxygens (including phenoxy) is 1. The summed E-state index contributed by atoms with van der Waals surface area (Å²) in [6, 6.07) is 8.01. The summed E-state index contributed by atoms with van der Waals surface area (Å²) >= 11 is 0. The molecule has 1 atom stereocenters. The Kier molecular flexibility index (Phi) is 6.15. The highest BCUT2D eigenvalue weighted by Crippen LogP contribution is 2.26. The number of nitrogens with zero attached hydrogens (tertiary/aromatic N) is 4. The number of nitrogens with one attached hydrogen (secondary N) is 1. The summed E-state index contributed by atoms with van der Waals surface area (Å²) in [6.07, 6.45) is 5.61. The first kappa shape index (κ1) is 19.4. The third kappa shape index (κ3) is 4.16. The molecule has 4 rings (SSSR count). The number of rotatable bonds is 5. The maximum absolute atomic E-state index is 6.00. The van der Waals surface area contributed by atoms with Crippen LogP contribution in [0.15, 0.2) is 47.3 Å². The van der Waals surface area contributed by atoms with E-state index in [2.05, 4.69) is 24.8 Å². The second kappa shape index (κ2) is 8.56. The topological polar surface area (TPSA) is 68.3 Å². The van der Waals surface area contributed by atoms with Gasteiger partial charge in [0.05, 0.1) is 25.9 Å². The molecule has 1 aliphatic rings. The number of methoxy groups -OCH3 is 1. The highest BCUT2D eigenvalue weighted by molar-refractivity contribution is 5.85. The number of hydrogen-bond acceptors (Lipinski definition) is 6. The molecular weight excluding hydrogens is 366 g/mol. The van der Waals surface area contributed by atoms with Crippen LogP contribution < -0.4 is 10.1 Å². The zero-order valence-electron chi connectivity index (χ0n) is 15.5. The molecule has 7 nitrogen and oxygen atoms in total. The van der Waals surface area contributed by atoms with Gasteiger partial charge >= 0.3 is 0 Å². The number of halogens is 1. The molecule has 144 valence electrons. The van der Waals surface area contributed by atoms with Crippen molar-refractivity contribution in [2.45, 2.75) is 12.6 Å². The minimum atomic E-state index is 0. The van der Waals surface area contributed by atoms with E-state index < -0.39 is 0 Å². The van der Waals surface area contributed by atoms with Gasteiger partial charge in [0.2, 0.25) is 5.89 Å². The Morgan fingerprint density at radius 3 is 2.78 bits per heavy atom. The molecule has 0 aliphatic carbocycles. The van der Waals surface area contributed by atoms with Crippen LogP contribution in [-0.4, -0.2) is 46.2 Å². The molecule has 3 heterocycles. The van der Waals surface area contributed by atoms with Crippen molar-refractivity contribution in [3.8, 4) is 17.1 Å². The zero-order chi connectivity index (χ0) is 17.9. The lowest BCUT2D eigenvalue weighted by molar-refractivity contribution is 0.132. The Bertz CT molecular complexity index is 861. The Balaban J connectivity index is 0.00000210. The van der Waals surface area contributed by atoms with Gasteiger partial charge in [-0.1, -0.05) is 0 Å². The second-order valence-electron chi connectivity index (χ2n) is 6.43. The van der Waals surface area contributed by atoms with Crippen LogP contribution in [0.1, 0.15) is 17.8 Å². The van der Waals surface area contributed by atoms with Crippen molar-refractivity contribution in [3.63, 3.8) is 0 Å². The van der Waals surface area contributed by atoms with Gasteiger partial charge in [-0.05, 0) is 24.3 Å². The predicted octanol–water partition coefficient (Wildman–Crippen LogP) is 2.65. The van der Waals surface area contributed by atoms with E-state index in [1.54, 1.807) is 13.3 Å². The first-order valence-corrected chi connectivity index (χ1v) is 8.75. The Morgan fingerprint density at radius 2 is 2.07 bits per heavy atom. The maximum Gasteiger partial charge on any atom is 0.209 e. The van der Waals surface area contributed by atoms with E-state index in [-0.39, 0.29) is 18.4 Å². The van der Waals surface area contributed by atoms with Crippen LogP contribution in [0.4, 0.5) is 0 Å². The summed E-state index contributed by atoms with van der Waals surface area (Å²) in [7, 11) is 3.69. The molecule has 1 aliphatic heterocycles. The van der Waals surface area contributed by atoms with Gasteiger partial charge in [0.1, 0.15) is 11.6 Å². The summed E-state index contributed by atoms with van der Waals surface area (Å²) in [4.78, 5) is 11.4. The number of piperazine rings is 1. The number of hydrogen-bond donors (Lipinski definition) is 1. The van der Waals surface area contributed by atoms with Gasteiger partial charge in [-0.3, -0.25) is 4.90 Å². The number of imidazole rings is 1. The summed E-state index contributed by atoms with van der Waals surface area (Å²) in [5.41, 5.74) is 0.991. The molecule has 2 aromatic heterocycles. The van der Waals surface area contributed by atoms with Crippen molar-refractivity contribution in [1.29, 1.82) is 0 Å². The van der Waals surface area contributed by atoms with Crippen LogP contribution in [-0.2, 0) is 13.6 Å². The molecule has 0 amide bonds. The lowest BCUT2D eigenvalue weighted by Crippen LogP contribution is -2.46. The summed E-state index contributed by atoms with van der Waals surface area (Å²) in [5, 5.41) is 3.45. The highest BCUT2D eigenvalue weighted by Gasteiger charge is 2.27. The van der Waals surface area contributed by atoms with Crippen LogP contribution in [0.2, 0.25) is 0 Å². The largest absolute Gasteiger partial charge is 0.497 e. The normalized spacial score (nSPS) is 17.5. The molecule has 0 radical (unpaired) electrons. The third-order valence-electron chi connectivity index (χ3n) is 4.78. The fourth-order valence-electron chi connectivity index (χ4n) is 3.33. The lowest BCUT2D eigenvalue weighted by Gasteiger charge is -2.34. The molecule has 0 spiro atoms. The quantitative estimate of drug-likeness (QED) is 0.723. The fraction of sp³-hybridized carbons (Fsp3) is 0.368. The van der Waals surface area contributed by atoms with E-state index in [4.69, 9.17) is 9.15 Å². The van der Waals surface area contributed by atoms with E-state index in [9.17, 15) is 0 Å². The van der Waals surface area contributed by atoms with Gasteiger partial charge in [-0.2, -0.15) is 0 Å². The first-order chi connectivity index (χ1) is 12.7. The molecule has 1 aromatic carbocycles. The molecule has 3 aromatic rings. The molecule has 8 heteroatoms. The maximum atomic E-state index is 6.00. The van der Waals surface area contributed by atoms with E-state index in [1.807, 2.05) is 43.7 Å². The molecule has 1 fully saturated rings. The molecule has 0 saturated carbocycles. The minimum Gasteiger partial charge on any atom is -0.497 e. The van der Waals surface area contributed by atoms with Crippen LogP contribution in [0.25, 0.3) is 11.3 Å². The number of oxazole rings is 1. The van der Waals surface area contributed by atoms with E-state index >= 15 is 0 Å². The Morgan fingerprint density at radius 1 is 1.26 bits per heavy atom. The Hall–Kier alpha value is -2.35. The van der Waals surface area contributed by atoms with Crippen molar-refractivity contribution in [3.05, 3.63) is 54.6 Å². The van der Waals surface area contributed by atoms with Gasteiger partial charge in [0.25, 0.3) is 0 Å². The van der Waals surface area contributed by atoms with Crippen molar-refractivity contribution in [2.75, 3.05) is 26.7 Å². The minimum absolute atomic E-state index is 0. The van der Waals surface area contributed by atoms with Crippen LogP contribution in [0, 0.1) is 0 Å². The molecular formula is C19H24ClN5O2. The predicted molar refractivity (Wildman–Crippen MR) is 105 cm³/mol. The van der Waals surface area contributed by atoms with Gasteiger partial charge < -0.3 is 19.0 Å². The molecule has 1 N–H and O–H groups in total. The molecule has 0 bridgehead atoms. The van der Waals surface area contributed by atoms with Gasteiger partial charge in [0, 0.05) is 44.6 Å². The first-order valence-electron chi connectivity index (χ1n) is 8.75. The van der Waals surface area contributed by atoms with Gasteiger partial charge in [0.15, 0.2) is 5.76 Å². The molecule has 1 saturated heterocycles. The number of benzene rings is 1. The third-order valence-corrected chi connectivity index (χ3v) is 4.78. The average molecular weight is 390 g/mol. The average Bonchev–Trinajstić information content (AvgIpc) is 3.31. The van der Waals surface area contributed by atoms with E-state index in [0.29, 0.717) is 6.54 Å². The van der Waals surface area contributed by atoms with E-state index in [1.165, 1.54) is 0 Å². The molecule has 27 heavy (non-hydrogen) atoms. The second-order valence-corrected chi connectivity index (χ2v) is 6.43. The Labute approximate surface area is 164 Å². The van der Waals surface area contributed by atoms with Crippen molar-refractivity contribution in [2.24, 2.45) is 7.05 Å².